The Hall–Kier alpha value is -4.13. The van der Waals surface area contributed by atoms with Crippen molar-refractivity contribution in [3.8, 4) is 0 Å². The second-order valence-electron chi connectivity index (χ2n) is 15.6. The molecular weight excluding hydrogens is 986 g/mol. The molecule has 0 bridgehead atoms. The molecule has 0 aromatic heterocycles. The number of nitrogens with one attached hydrogen (secondary N) is 1. The monoisotopic (exact) mass is 1030 g/mol. The largest absolute Gasteiger partial charge is 0.394 e. The van der Waals surface area contributed by atoms with Crippen LogP contribution < -0.4 is 5.32 Å². The number of alkyl halides is 16. The number of amides is 1. The number of aliphatic hydroxyl groups excluding tert-OH is 4. The summed E-state index contributed by atoms with van der Waals surface area (Å²) in [5.41, 5.74) is -0.0677. The lowest BCUT2D eigenvalue weighted by atomic mass is 9.88. The Labute approximate surface area is 378 Å². The first-order chi connectivity index (χ1) is 31.9. The van der Waals surface area contributed by atoms with Crippen LogP contribution in [0.5, 0.6) is 0 Å². The van der Waals surface area contributed by atoms with Crippen molar-refractivity contribution in [2.75, 3.05) is 66.0 Å². The van der Waals surface area contributed by atoms with Crippen LogP contribution in [0.25, 0.3) is 32.3 Å². The molecule has 388 valence electrons. The van der Waals surface area contributed by atoms with E-state index < -0.39 is 124 Å². The smallest absolute Gasteiger partial charge is 0.385 e. The highest BCUT2D eigenvalue weighted by atomic mass is 19.4. The molecule has 12 nitrogen and oxygen atoms in total. The summed E-state index contributed by atoms with van der Waals surface area (Å²) in [4.78, 5) is 11.8. The molecule has 0 saturated carbocycles. The molecule has 1 amide bonds. The summed E-state index contributed by atoms with van der Waals surface area (Å²) in [5.74, 6) is -64.8. The van der Waals surface area contributed by atoms with Crippen molar-refractivity contribution in [3.63, 3.8) is 0 Å². The Morgan fingerprint density at radius 3 is 1.59 bits per heavy atom. The maximum absolute atomic E-state index is 14.7. The third-order valence-corrected chi connectivity index (χ3v) is 10.9. The summed E-state index contributed by atoms with van der Waals surface area (Å²) in [6.07, 6.45) is -7.66. The predicted molar refractivity (Wildman–Crippen MR) is 205 cm³/mol. The van der Waals surface area contributed by atoms with Crippen LogP contribution in [0.1, 0.15) is 5.56 Å². The van der Waals surface area contributed by atoms with Crippen molar-refractivity contribution in [2.24, 2.45) is 0 Å². The predicted octanol–water partition coefficient (Wildman–Crippen LogP) is 6.17. The zero-order valence-corrected chi connectivity index (χ0v) is 35.1. The van der Waals surface area contributed by atoms with Gasteiger partial charge in [-0.1, -0.05) is 54.6 Å². The molecular formula is C41H41F16NO11. The minimum atomic E-state index is -8.65. The van der Waals surface area contributed by atoms with E-state index in [1.807, 2.05) is 5.32 Å². The van der Waals surface area contributed by atoms with Gasteiger partial charge in [-0.15, -0.1) is 0 Å². The van der Waals surface area contributed by atoms with Gasteiger partial charge in [0.25, 0.3) is 0 Å². The lowest BCUT2D eigenvalue weighted by Gasteiger charge is -2.43. The van der Waals surface area contributed by atoms with E-state index in [9.17, 15) is 90.4 Å². The van der Waals surface area contributed by atoms with E-state index in [0.717, 1.165) is 0 Å². The van der Waals surface area contributed by atoms with Crippen molar-refractivity contribution in [1.29, 1.82) is 0 Å². The summed E-state index contributed by atoms with van der Waals surface area (Å²) in [5, 5.41) is 43.7. The zero-order valence-electron chi connectivity index (χ0n) is 35.1. The zero-order chi connectivity index (χ0) is 51.6. The molecule has 1 fully saturated rings. The van der Waals surface area contributed by atoms with E-state index in [1.165, 1.54) is 18.2 Å². The highest BCUT2D eigenvalue weighted by Crippen LogP contribution is 2.64. The highest BCUT2D eigenvalue weighted by Gasteiger charge is 2.94. The second-order valence-corrected chi connectivity index (χ2v) is 15.6. The van der Waals surface area contributed by atoms with Crippen molar-refractivity contribution in [1.82, 2.24) is 5.32 Å². The van der Waals surface area contributed by atoms with Gasteiger partial charge in [0.1, 0.15) is 44.2 Å². The molecule has 5 N–H and O–H groups in total. The first-order valence-electron chi connectivity index (χ1n) is 20.1. The Kier molecular flexibility index (Phi) is 16.9. The number of aliphatic hydroxyl groups is 4. The fourth-order valence-corrected chi connectivity index (χ4v) is 6.98. The number of carbonyl (C=O) groups excluding carboxylic acids is 1. The van der Waals surface area contributed by atoms with Crippen molar-refractivity contribution < 1.29 is 124 Å². The summed E-state index contributed by atoms with van der Waals surface area (Å²) < 4.78 is 261. The lowest BCUT2D eigenvalue weighted by molar-refractivity contribution is -0.455. The van der Waals surface area contributed by atoms with Gasteiger partial charge in [0.15, 0.2) is 6.29 Å². The molecule has 4 aromatic rings. The summed E-state index contributed by atoms with van der Waals surface area (Å²) in [6, 6.07) is 14.2. The SMILES string of the molecule is O=C(COCC(F)(F)C(F)(F)C(F)(F)C(F)(F)C(F)(F)C(F)(F)C(F)(F)C(F)(F)COCc1ccc2ccc3cccc4ccc1c2c34)NCCOCCOCCO[C@H]1O[C@H](CO)[C@@H](O)[C@H](O)[C@@H]1O. The van der Waals surface area contributed by atoms with E-state index in [2.05, 4.69) is 9.47 Å². The molecule has 0 spiro atoms. The number of carbonyl (C=O) groups is 1. The van der Waals surface area contributed by atoms with Crippen LogP contribution in [0.15, 0.2) is 54.6 Å². The van der Waals surface area contributed by atoms with E-state index in [4.69, 9.17) is 24.1 Å². The van der Waals surface area contributed by atoms with Gasteiger partial charge in [0.05, 0.1) is 46.2 Å². The highest BCUT2D eigenvalue weighted by molar-refractivity contribution is 6.23. The van der Waals surface area contributed by atoms with Gasteiger partial charge in [-0.2, -0.15) is 70.2 Å². The molecule has 5 rings (SSSR count). The van der Waals surface area contributed by atoms with Crippen LogP contribution >= 0.6 is 0 Å². The molecule has 5 atom stereocenters. The van der Waals surface area contributed by atoms with Gasteiger partial charge in [-0.25, -0.2) is 0 Å². The van der Waals surface area contributed by atoms with Crippen molar-refractivity contribution >= 4 is 38.2 Å². The molecule has 1 aliphatic heterocycles. The molecule has 0 radical (unpaired) electrons. The third-order valence-electron chi connectivity index (χ3n) is 10.9. The Morgan fingerprint density at radius 1 is 0.551 bits per heavy atom. The van der Waals surface area contributed by atoms with Gasteiger partial charge < -0.3 is 54.2 Å². The molecule has 28 heteroatoms. The van der Waals surface area contributed by atoms with Crippen LogP contribution in [0.4, 0.5) is 70.2 Å². The van der Waals surface area contributed by atoms with E-state index in [1.54, 1.807) is 36.4 Å². The lowest BCUT2D eigenvalue weighted by Crippen LogP contribution is -2.75. The van der Waals surface area contributed by atoms with Crippen molar-refractivity contribution in [3.05, 3.63) is 60.2 Å². The number of ether oxygens (including phenoxy) is 6. The molecule has 69 heavy (non-hydrogen) atoms. The topological polar surface area (TPSA) is 165 Å². The van der Waals surface area contributed by atoms with E-state index in [0.29, 0.717) is 26.9 Å². The minimum Gasteiger partial charge on any atom is -0.394 e. The fraction of sp³-hybridized carbons (Fsp3) is 0.585. The maximum atomic E-state index is 14.7. The van der Waals surface area contributed by atoms with E-state index in [-0.39, 0.29) is 44.0 Å². The van der Waals surface area contributed by atoms with Gasteiger partial charge >= 0.3 is 47.4 Å². The fourth-order valence-electron chi connectivity index (χ4n) is 6.98. The summed E-state index contributed by atoms with van der Waals surface area (Å²) in [6.45, 7) is -11.4. The Morgan fingerprint density at radius 2 is 1.03 bits per heavy atom. The number of rotatable bonds is 26. The van der Waals surface area contributed by atoms with Crippen LogP contribution in [0, 0.1) is 0 Å². The first-order valence-corrected chi connectivity index (χ1v) is 20.1. The standard InChI is InChI=1S/C41H41F16NO11/c42-34(43,19-66-17-24-7-6-23-5-4-21-2-1-3-22-8-9-25(24)29(23)28(21)22)36(46,47)38(50,51)40(54,55)41(56,57)39(52,53)37(48,49)35(44,45)20-67-18-27(60)58-10-11-64-12-13-65-14-15-68-33-32(63)31(62)30(61)26(16-59)69-33/h1-9,26,30-33,59,61-63H,10-20H2,(H,58,60)/t26-,30-,31+,32+,33+/m1/s1. The normalized spacial score (nSPS) is 20.7. The number of benzene rings is 4. The molecule has 1 aliphatic rings. The van der Waals surface area contributed by atoms with Gasteiger partial charge in [0.2, 0.25) is 5.91 Å². The molecule has 0 aliphatic carbocycles. The molecule has 4 aromatic carbocycles. The van der Waals surface area contributed by atoms with Gasteiger partial charge in [-0.05, 0) is 37.9 Å². The number of halogens is 16. The molecule has 1 heterocycles. The summed E-state index contributed by atoms with van der Waals surface area (Å²) >= 11 is 0. The number of hydrogen-bond donors (Lipinski definition) is 5. The maximum Gasteiger partial charge on any atom is 0.385 e. The van der Waals surface area contributed by atoms with Gasteiger partial charge in [-0.3, -0.25) is 4.79 Å². The van der Waals surface area contributed by atoms with Crippen molar-refractivity contribution in [2.45, 2.75) is 84.7 Å². The average Bonchev–Trinajstić information content (AvgIpc) is 3.28. The van der Waals surface area contributed by atoms with E-state index >= 15 is 0 Å². The number of hydrogen-bond acceptors (Lipinski definition) is 11. The quantitative estimate of drug-likeness (QED) is 0.0278. The Bertz CT molecular complexity index is 2330. The Balaban J connectivity index is 1.09. The molecule has 1 saturated heterocycles. The minimum absolute atomic E-state index is 0.0677. The summed E-state index contributed by atoms with van der Waals surface area (Å²) in [7, 11) is 0. The third kappa shape index (κ3) is 10.5. The van der Waals surface area contributed by atoms with Gasteiger partial charge in [0, 0.05) is 6.54 Å². The first kappa shape index (κ1) is 55.8. The second kappa shape index (κ2) is 20.9. The van der Waals surface area contributed by atoms with Crippen LogP contribution in [0.2, 0.25) is 0 Å². The average molecular weight is 1030 g/mol. The van der Waals surface area contributed by atoms with Crippen LogP contribution in [-0.4, -0.2) is 170 Å². The van der Waals surface area contributed by atoms with Crippen LogP contribution in [0.3, 0.4) is 0 Å². The molecule has 0 unspecified atom stereocenters. The van der Waals surface area contributed by atoms with Crippen LogP contribution in [-0.2, 0) is 39.8 Å².